The van der Waals surface area contributed by atoms with Gasteiger partial charge in [0.05, 0.1) is 0 Å². The van der Waals surface area contributed by atoms with Gasteiger partial charge in [-0.1, -0.05) is 38.0 Å². The Balaban J connectivity index is 4.80. The van der Waals surface area contributed by atoms with E-state index in [0.29, 0.717) is 11.8 Å². The molecule has 15 heavy (non-hydrogen) atoms. The molecule has 1 atom stereocenters. The number of rotatable bonds is 5. The van der Waals surface area contributed by atoms with Crippen molar-refractivity contribution in [2.45, 2.75) is 48.0 Å². The summed E-state index contributed by atoms with van der Waals surface area (Å²) in [5, 5.41) is 0. The fraction of sp³-hybridized carbons (Fsp3) is 0.643. The summed E-state index contributed by atoms with van der Waals surface area (Å²) in [6.45, 7) is 12.6. The Morgan fingerprint density at radius 2 is 1.67 bits per heavy atom. The third-order valence-electron chi connectivity index (χ3n) is 2.66. The molecule has 0 aromatic heterocycles. The predicted octanol–water partition coefficient (Wildman–Crippen LogP) is 4.15. The summed E-state index contributed by atoms with van der Waals surface area (Å²) >= 11 is 0. The van der Waals surface area contributed by atoms with Gasteiger partial charge in [-0.05, 0) is 44.6 Å². The maximum Gasteiger partial charge on any atom is 0.145 e. The Hall–Kier alpha value is -0.850. The fourth-order valence-corrected chi connectivity index (χ4v) is 2.02. The molecule has 86 valence electrons. The first-order valence-electron chi connectivity index (χ1n) is 5.69. The smallest absolute Gasteiger partial charge is 0.145 e. The van der Waals surface area contributed by atoms with E-state index in [1.54, 1.807) is 0 Å². The molecular formula is C14H24O. The van der Waals surface area contributed by atoms with E-state index >= 15 is 0 Å². The molecule has 0 saturated heterocycles. The molecular weight excluding hydrogens is 184 g/mol. The van der Waals surface area contributed by atoms with E-state index in [1.807, 2.05) is 6.92 Å². The van der Waals surface area contributed by atoms with E-state index in [1.165, 1.54) is 11.1 Å². The highest BCUT2D eigenvalue weighted by molar-refractivity contribution is 5.73. The van der Waals surface area contributed by atoms with Crippen LogP contribution in [0.25, 0.3) is 0 Å². The molecule has 0 heterocycles. The van der Waals surface area contributed by atoms with Crippen molar-refractivity contribution < 1.29 is 4.79 Å². The Morgan fingerprint density at radius 1 is 1.13 bits per heavy atom. The van der Waals surface area contributed by atoms with Crippen LogP contribution in [0.15, 0.2) is 22.8 Å². The molecule has 0 fully saturated rings. The van der Waals surface area contributed by atoms with Gasteiger partial charge in [0.2, 0.25) is 0 Å². The Labute approximate surface area is 94.3 Å². The van der Waals surface area contributed by atoms with Gasteiger partial charge < -0.3 is 0 Å². The van der Waals surface area contributed by atoms with Crippen LogP contribution in [-0.2, 0) is 4.79 Å². The number of carbonyl (C=O) groups excluding carboxylic acids is 1. The zero-order valence-corrected chi connectivity index (χ0v) is 10.9. The van der Waals surface area contributed by atoms with Crippen molar-refractivity contribution >= 4 is 6.29 Å². The van der Waals surface area contributed by atoms with E-state index in [9.17, 15) is 4.79 Å². The maximum absolute atomic E-state index is 10.8. The lowest BCUT2D eigenvalue weighted by Gasteiger charge is -2.20. The van der Waals surface area contributed by atoms with Gasteiger partial charge in [-0.15, -0.1) is 0 Å². The molecule has 0 aromatic carbocycles. The summed E-state index contributed by atoms with van der Waals surface area (Å²) in [5.74, 6) is 0.917. The third-order valence-corrected chi connectivity index (χ3v) is 2.66. The van der Waals surface area contributed by atoms with E-state index in [0.717, 1.165) is 18.3 Å². The van der Waals surface area contributed by atoms with Crippen LogP contribution in [-0.4, -0.2) is 6.29 Å². The van der Waals surface area contributed by atoms with Crippen molar-refractivity contribution in [2.75, 3.05) is 0 Å². The zero-order chi connectivity index (χ0) is 12.0. The topological polar surface area (TPSA) is 17.1 Å². The maximum atomic E-state index is 10.8. The quantitative estimate of drug-likeness (QED) is 0.377. The van der Waals surface area contributed by atoms with E-state index in [2.05, 4.69) is 40.7 Å². The number of hydrogen-bond acceptors (Lipinski definition) is 1. The second-order valence-electron chi connectivity index (χ2n) is 4.83. The molecule has 0 rings (SSSR count). The highest BCUT2D eigenvalue weighted by atomic mass is 16.1. The SMILES string of the molecule is CC(C)=CCC(C)C(=C(C)C=O)C(C)C. The lowest BCUT2D eigenvalue weighted by Crippen LogP contribution is -2.08. The van der Waals surface area contributed by atoms with Gasteiger partial charge in [-0.3, -0.25) is 4.79 Å². The first-order chi connectivity index (χ1) is 6.90. The van der Waals surface area contributed by atoms with Crippen LogP contribution >= 0.6 is 0 Å². The molecule has 1 nitrogen and oxygen atoms in total. The first-order valence-corrected chi connectivity index (χ1v) is 5.69. The normalized spacial score (nSPS) is 14.6. The van der Waals surface area contributed by atoms with Gasteiger partial charge in [-0.2, -0.15) is 0 Å². The van der Waals surface area contributed by atoms with Crippen LogP contribution < -0.4 is 0 Å². The van der Waals surface area contributed by atoms with Gasteiger partial charge in [0.1, 0.15) is 6.29 Å². The van der Waals surface area contributed by atoms with Crippen molar-refractivity contribution in [3.8, 4) is 0 Å². The summed E-state index contributed by atoms with van der Waals surface area (Å²) in [6, 6.07) is 0. The number of aldehydes is 1. The average molecular weight is 208 g/mol. The minimum atomic E-state index is 0.454. The summed E-state index contributed by atoms with van der Waals surface area (Å²) in [6.07, 6.45) is 4.25. The molecule has 0 aliphatic rings. The third kappa shape index (κ3) is 4.96. The van der Waals surface area contributed by atoms with Crippen LogP contribution in [0.4, 0.5) is 0 Å². The molecule has 0 amide bonds. The molecule has 0 bridgehead atoms. The zero-order valence-electron chi connectivity index (χ0n) is 10.9. The molecule has 0 radical (unpaired) electrons. The van der Waals surface area contributed by atoms with Crippen LogP contribution in [0.1, 0.15) is 48.0 Å². The Morgan fingerprint density at radius 3 is 2.00 bits per heavy atom. The largest absolute Gasteiger partial charge is 0.298 e. The van der Waals surface area contributed by atoms with Crippen LogP contribution in [0.3, 0.4) is 0 Å². The molecule has 0 N–H and O–H groups in total. The second-order valence-corrected chi connectivity index (χ2v) is 4.83. The standard InChI is InChI=1S/C14H24O/c1-10(2)7-8-12(5)14(11(3)4)13(6)9-15/h7,9,11-12H,8H2,1-6H3. The molecule has 0 aromatic rings. The fourth-order valence-electron chi connectivity index (χ4n) is 2.02. The molecule has 0 aliphatic carbocycles. The monoisotopic (exact) mass is 208 g/mol. The molecule has 1 heteroatoms. The molecule has 0 aliphatic heterocycles. The van der Waals surface area contributed by atoms with Crippen molar-refractivity contribution in [1.82, 2.24) is 0 Å². The summed E-state index contributed by atoms with van der Waals surface area (Å²) < 4.78 is 0. The molecule has 1 unspecified atom stereocenters. The number of allylic oxidation sites excluding steroid dienone is 4. The van der Waals surface area contributed by atoms with Gasteiger partial charge in [-0.25, -0.2) is 0 Å². The van der Waals surface area contributed by atoms with Crippen LogP contribution in [0.2, 0.25) is 0 Å². The second kappa shape index (κ2) is 6.60. The van der Waals surface area contributed by atoms with E-state index < -0.39 is 0 Å². The van der Waals surface area contributed by atoms with Crippen LogP contribution in [0.5, 0.6) is 0 Å². The van der Waals surface area contributed by atoms with Crippen molar-refractivity contribution in [1.29, 1.82) is 0 Å². The van der Waals surface area contributed by atoms with Gasteiger partial charge in [0.15, 0.2) is 0 Å². The number of hydrogen-bond donors (Lipinski definition) is 0. The summed E-state index contributed by atoms with van der Waals surface area (Å²) in [5.41, 5.74) is 3.54. The highest BCUT2D eigenvalue weighted by Crippen LogP contribution is 2.26. The predicted molar refractivity (Wildman–Crippen MR) is 66.8 cm³/mol. The first kappa shape index (κ1) is 14.2. The summed E-state index contributed by atoms with van der Waals surface area (Å²) in [7, 11) is 0. The van der Waals surface area contributed by atoms with Crippen molar-refractivity contribution in [2.24, 2.45) is 11.8 Å². The molecule has 0 saturated carbocycles. The highest BCUT2D eigenvalue weighted by Gasteiger charge is 2.14. The number of carbonyl (C=O) groups is 1. The lowest BCUT2D eigenvalue weighted by atomic mass is 9.85. The minimum Gasteiger partial charge on any atom is -0.298 e. The van der Waals surface area contributed by atoms with Gasteiger partial charge in [0, 0.05) is 0 Å². The summed E-state index contributed by atoms with van der Waals surface area (Å²) in [4.78, 5) is 10.8. The average Bonchev–Trinajstić information content (AvgIpc) is 2.14. The van der Waals surface area contributed by atoms with Crippen molar-refractivity contribution in [3.05, 3.63) is 22.8 Å². The van der Waals surface area contributed by atoms with Gasteiger partial charge >= 0.3 is 0 Å². The molecule has 0 spiro atoms. The van der Waals surface area contributed by atoms with E-state index in [-0.39, 0.29) is 0 Å². The van der Waals surface area contributed by atoms with Crippen LogP contribution in [0, 0.1) is 11.8 Å². The van der Waals surface area contributed by atoms with Crippen molar-refractivity contribution in [3.63, 3.8) is 0 Å². The Kier molecular flexibility index (Phi) is 6.23. The van der Waals surface area contributed by atoms with Gasteiger partial charge in [0.25, 0.3) is 0 Å². The minimum absolute atomic E-state index is 0.454. The lowest BCUT2D eigenvalue weighted by molar-refractivity contribution is -0.105. The Bertz CT molecular complexity index is 265. The van der Waals surface area contributed by atoms with E-state index in [4.69, 9.17) is 0 Å².